The molecule has 0 bridgehead atoms. The Morgan fingerprint density at radius 1 is 1.15 bits per heavy atom. The van der Waals surface area contributed by atoms with Crippen LogP contribution in [0.3, 0.4) is 0 Å². The van der Waals surface area contributed by atoms with Crippen LogP contribution in [0.15, 0.2) is 59.7 Å². The molecule has 0 aliphatic carbocycles. The van der Waals surface area contributed by atoms with Crippen molar-refractivity contribution in [3.8, 4) is 0 Å². The molecule has 0 saturated carbocycles. The van der Waals surface area contributed by atoms with Crippen LogP contribution in [-0.4, -0.2) is 22.0 Å². The van der Waals surface area contributed by atoms with Gasteiger partial charge in [-0.15, -0.1) is 0 Å². The first-order valence-electron chi connectivity index (χ1n) is 8.23. The number of benzene rings is 2. The van der Waals surface area contributed by atoms with Gasteiger partial charge in [0.2, 0.25) is 0 Å². The summed E-state index contributed by atoms with van der Waals surface area (Å²) >= 11 is 0. The molecule has 0 amide bonds. The highest BCUT2D eigenvalue weighted by atomic mass is 16.4. The number of aromatic carboxylic acids is 1. The van der Waals surface area contributed by atoms with E-state index in [0.29, 0.717) is 12.2 Å². The molecule has 2 aromatic carbocycles. The molecule has 3 aromatic rings. The van der Waals surface area contributed by atoms with Gasteiger partial charge >= 0.3 is 0 Å². The van der Waals surface area contributed by atoms with Crippen LogP contribution >= 0.6 is 0 Å². The van der Waals surface area contributed by atoms with Crippen molar-refractivity contribution in [3.63, 3.8) is 0 Å². The maximum absolute atomic E-state index is 10.7. The fourth-order valence-electron chi connectivity index (χ4n) is 2.66. The average molecular weight is 347 g/mol. The van der Waals surface area contributed by atoms with Crippen LogP contribution in [0.2, 0.25) is 0 Å². The van der Waals surface area contributed by atoms with Crippen molar-refractivity contribution in [3.05, 3.63) is 82.7 Å². The zero-order valence-corrected chi connectivity index (χ0v) is 14.6. The standard InChI is InChI=1S/C20H20N4O2/c1-14-19(12-21-22-18-10-8-17(9-11-18)20(25)26)15(2)24(23-14)13-16-6-4-3-5-7-16/h3-12,22H,13H2,1-2H3,(H,25,26)/p-1/b21-12-. The van der Waals surface area contributed by atoms with E-state index in [-0.39, 0.29) is 5.56 Å². The van der Waals surface area contributed by atoms with Crippen LogP contribution in [0.5, 0.6) is 0 Å². The molecule has 6 heteroatoms. The van der Waals surface area contributed by atoms with Crippen molar-refractivity contribution in [1.82, 2.24) is 9.78 Å². The summed E-state index contributed by atoms with van der Waals surface area (Å²) in [5.41, 5.74) is 7.79. The number of hydrazone groups is 1. The zero-order chi connectivity index (χ0) is 18.5. The molecule has 0 saturated heterocycles. The lowest BCUT2D eigenvalue weighted by atomic mass is 10.2. The molecular formula is C20H19N4O2-. The molecule has 0 unspecified atom stereocenters. The summed E-state index contributed by atoms with van der Waals surface area (Å²) < 4.78 is 1.96. The molecule has 0 spiro atoms. The molecule has 1 N–H and O–H groups in total. The molecule has 132 valence electrons. The topological polar surface area (TPSA) is 82.3 Å². The highest BCUT2D eigenvalue weighted by Gasteiger charge is 2.10. The Hall–Kier alpha value is -3.41. The van der Waals surface area contributed by atoms with Crippen LogP contribution in [0, 0.1) is 13.8 Å². The number of aryl methyl sites for hydroxylation is 1. The van der Waals surface area contributed by atoms with Crippen molar-refractivity contribution in [2.24, 2.45) is 5.10 Å². The van der Waals surface area contributed by atoms with Crippen molar-refractivity contribution in [1.29, 1.82) is 0 Å². The molecule has 0 aliphatic heterocycles. The minimum Gasteiger partial charge on any atom is -0.545 e. The number of rotatable bonds is 6. The van der Waals surface area contributed by atoms with Gasteiger partial charge in [-0.2, -0.15) is 10.2 Å². The van der Waals surface area contributed by atoms with Crippen LogP contribution in [0.4, 0.5) is 5.69 Å². The first-order valence-corrected chi connectivity index (χ1v) is 8.23. The van der Waals surface area contributed by atoms with Crippen molar-refractivity contribution < 1.29 is 9.90 Å². The van der Waals surface area contributed by atoms with E-state index in [0.717, 1.165) is 17.0 Å². The molecule has 0 radical (unpaired) electrons. The summed E-state index contributed by atoms with van der Waals surface area (Å²) in [4.78, 5) is 10.7. The molecule has 6 nitrogen and oxygen atoms in total. The number of carboxylic acids is 1. The summed E-state index contributed by atoms with van der Waals surface area (Å²) in [5, 5.41) is 19.6. The van der Waals surface area contributed by atoms with E-state index >= 15 is 0 Å². The fraction of sp³-hybridized carbons (Fsp3) is 0.150. The number of nitrogens with zero attached hydrogens (tertiary/aromatic N) is 3. The monoisotopic (exact) mass is 347 g/mol. The van der Waals surface area contributed by atoms with Gasteiger partial charge in [0.1, 0.15) is 0 Å². The third kappa shape index (κ3) is 3.97. The number of nitrogens with one attached hydrogen (secondary N) is 1. The molecule has 3 rings (SSSR count). The molecule has 0 atom stereocenters. The Morgan fingerprint density at radius 2 is 1.85 bits per heavy atom. The summed E-state index contributed by atoms with van der Waals surface area (Å²) in [5.74, 6) is -1.20. The third-order valence-electron chi connectivity index (χ3n) is 4.12. The number of hydrogen-bond donors (Lipinski definition) is 1. The third-order valence-corrected chi connectivity index (χ3v) is 4.12. The van der Waals surface area contributed by atoms with Gasteiger partial charge in [-0.05, 0) is 37.1 Å². The molecule has 1 aromatic heterocycles. The normalized spacial score (nSPS) is 11.0. The second kappa shape index (κ2) is 7.65. The lowest BCUT2D eigenvalue weighted by molar-refractivity contribution is -0.255. The van der Waals surface area contributed by atoms with Crippen LogP contribution in [-0.2, 0) is 6.54 Å². The lowest BCUT2D eigenvalue weighted by Gasteiger charge is -2.05. The second-order valence-corrected chi connectivity index (χ2v) is 5.96. The minimum absolute atomic E-state index is 0.133. The first-order chi connectivity index (χ1) is 12.5. The Kier molecular flexibility index (Phi) is 5.12. The minimum atomic E-state index is -1.20. The van der Waals surface area contributed by atoms with Gasteiger partial charge in [0.05, 0.1) is 30.1 Å². The fourth-order valence-corrected chi connectivity index (χ4v) is 2.66. The first kappa shape index (κ1) is 17.4. The quantitative estimate of drug-likeness (QED) is 0.548. The van der Waals surface area contributed by atoms with E-state index in [1.54, 1.807) is 18.3 Å². The van der Waals surface area contributed by atoms with Crippen molar-refractivity contribution in [2.75, 3.05) is 5.43 Å². The van der Waals surface area contributed by atoms with Gasteiger partial charge < -0.3 is 9.90 Å². The summed E-state index contributed by atoms with van der Waals surface area (Å²) in [6.07, 6.45) is 1.73. The van der Waals surface area contributed by atoms with E-state index in [1.807, 2.05) is 36.7 Å². The summed E-state index contributed by atoms with van der Waals surface area (Å²) in [6, 6.07) is 16.4. The second-order valence-electron chi connectivity index (χ2n) is 5.96. The summed E-state index contributed by atoms with van der Waals surface area (Å²) in [7, 11) is 0. The maximum atomic E-state index is 10.7. The molecule has 0 fully saturated rings. The highest BCUT2D eigenvalue weighted by Crippen LogP contribution is 2.14. The number of hydrogen-bond acceptors (Lipinski definition) is 5. The Bertz CT molecular complexity index is 928. The van der Waals surface area contributed by atoms with E-state index in [9.17, 15) is 9.90 Å². The van der Waals surface area contributed by atoms with E-state index in [1.165, 1.54) is 17.7 Å². The van der Waals surface area contributed by atoms with Crippen molar-refractivity contribution in [2.45, 2.75) is 20.4 Å². The number of carbonyl (C=O) groups is 1. The highest BCUT2D eigenvalue weighted by molar-refractivity contribution is 5.86. The number of anilines is 1. The molecule has 1 heterocycles. The SMILES string of the molecule is Cc1nn(Cc2ccccc2)c(C)c1/C=N\Nc1ccc(C(=O)[O-])cc1. The molecule has 26 heavy (non-hydrogen) atoms. The van der Waals surface area contributed by atoms with Crippen molar-refractivity contribution >= 4 is 17.9 Å². The predicted octanol–water partition coefficient (Wildman–Crippen LogP) is 2.36. The summed E-state index contributed by atoms with van der Waals surface area (Å²) in [6.45, 7) is 4.67. The van der Waals surface area contributed by atoms with Crippen LogP contribution in [0.1, 0.15) is 32.9 Å². The van der Waals surface area contributed by atoms with Gasteiger partial charge in [-0.25, -0.2) is 0 Å². The van der Waals surface area contributed by atoms with Gasteiger partial charge in [0.15, 0.2) is 0 Å². The largest absolute Gasteiger partial charge is 0.545 e. The van der Waals surface area contributed by atoms with E-state index in [2.05, 4.69) is 27.8 Å². The number of aromatic nitrogens is 2. The van der Waals surface area contributed by atoms with Gasteiger partial charge in [-0.1, -0.05) is 42.5 Å². The molecule has 0 aliphatic rings. The van der Waals surface area contributed by atoms with Crippen LogP contribution in [0.25, 0.3) is 0 Å². The Morgan fingerprint density at radius 3 is 2.50 bits per heavy atom. The Labute approximate surface area is 151 Å². The zero-order valence-electron chi connectivity index (χ0n) is 14.6. The number of carbonyl (C=O) groups excluding carboxylic acids is 1. The average Bonchev–Trinajstić information content (AvgIpc) is 2.90. The Balaban J connectivity index is 1.71. The van der Waals surface area contributed by atoms with E-state index < -0.39 is 5.97 Å². The predicted molar refractivity (Wildman–Crippen MR) is 99.2 cm³/mol. The molecular weight excluding hydrogens is 328 g/mol. The van der Waals surface area contributed by atoms with Gasteiger partial charge in [0, 0.05) is 11.3 Å². The van der Waals surface area contributed by atoms with Gasteiger partial charge in [-0.3, -0.25) is 10.1 Å². The smallest absolute Gasteiger partial charge is 0.0715 e. The lowest BCUT2D eigenvalue weighted by Crippen LogP contribution is -2.21. The van der Waals surface area contributed by atoms with Gasteiger partial charge in [0.25, 0.3) is 0 Å². The number of carboxylic acid groups (broad SMARTS) is 1. The maximum Gasteiger partial charge on any atom is 0.0715 e. The van der Waals surface area contributed by atoms with Crippen LogP contribution < -0.4 is 10.5 Å². The van der Waals surface area contributed by atoms with E-state index in [4.69, 9.17) is 0 Å².